The molecule has 2 rings (SSSR count). The molecule has 0 bridgehead atoms. The van der Waals surface area contributed by atoms with E-state index in [-0.39, 0.29) is 11.7 Å². The highest BCUT2D eigenvalue weighted by Gasteiger charge is 2.32. The Labute approximate surface area is 106 Å². The summed E-state index contributed by atoms with van der Waals surface area (Å²) >= 11 is 0. The van der Waals surface area contributed by atoms with Crippen LogP contribution in [0.3, 0.4) is 0 Å². The minimum absolute atomic E-state index is 0.0690. The minimum atomic E-state index is -0.713. The summed E-state index contributed by atoms with van der Waals surface area (Å²) in [5.41, 5.74) is 2.97. The van der Waals surface area contributed by atoms with Crippen molar-refractivity contribution in [2.75, 3.05) is 13.1 Å². The molecule has 0 spiro atoms. The number of benzene rings is 1. The molecule has 0 atom stereocenters. The predicted octanol–water partition coefficient (Wildman–Crippen LogP) is 1.71. The quantitative estimate of drug-likeness (QED) is 0.823. The van der Waals surface area contributed by atoms with Crippen molar-refractivity contribution in [1.82, 2.24) is 4.90 Å². The first-order valence-electron chi connectivity index (χ1n) is 6.03. The molecule has 1 aliphatic heterocycles. The molecule has 4 nitrogen and oxygen atoms in total. The summed E-state index contributed by atoms with van der Waals surface area (Å²) in [7, 11) is 0. The van der Waals surface area contributed by atoms with E-state index < -0.39 is 5.97 Å². The van der Waals surface area contributed by atoms with E-state index in [1.165, 1.54) is 0 Å². The van der Waals surface area contributed by atoms with E-state index in [9.17, 15) is 9.59 Å². The van der Waals surface area contributed by atoms with Crippen LogP contribution in [0.4, 0.5) is 0 Å². The van der Waals surface area contributed by atoms with Crippen LogP contribution in [-0.2, 0) is 11.3 Å². The van der Waals surface area contributed by atoms with E-state index in [0.29, 0.717) is 13.1 Å². The van der Waals surface area contributed by atoms with E-state index >= 15 is 0 Å². The number of aliphatic carboxylic acids is 1. The van der Waals surface area contributed by atoms with Crippen LogP contribution < -0.4 is 0 Å². The van der Waals surface area contributed by atoms with Gasteiger partial charge >= 0.3 is 5.97 Å². The van der Waals surface area contributed by atoms with E-state index in [4.69, 9.17) is 5.11 Å². The number of nitrogens with zero attached hydrogens (tertiary/aromatic N) is 1. The number of likely N-dealkylation sites (tertiary alicyclic amines) is 1. The molecule has 1 N–H and O–H groups in total. The number of hydrogen-bond acceptors (Lipinski definition) is 3. The number of carboxylic acid groups (broad SMARTS) is 1. The van der Waals surface area contributed by atoms with Crippen LogP contribution in [0, 0.1) is 12.8 Å². The van der Waals surface area contributed by atoms with Gasteiger partial charge in [-0.25, -0.2) is 0 Å². The number of carboxylic acids is 1. The minimum Gasteiger partial charge on any atom is -0.481 e. The second-order valence-electron chi connectivity index (χ2n) is 4.93. The van der Waals surface area contributed by atoms with Gasteiger partial charge in [-0.15, -0.1) is 0 Å². The Bertz CT molecular complexity index is 490. The van der Waals surface area contributed by atoms with Gasteiger partial charge in [-0.05, 0) is 31.0 Å². The van der Waals surface area contributed by atoms with Crippen LogP contribution in [0.1, 0.15) is 28.4 Å². The van der Waals surface area contributed by atoms with Crippen LogP contribution >= 0.6 is 0 Å². The highest BCUT2D eigenvalue weighted by molar-refractivity contribution is 5.94. The largest absolute Gasteiger partial charge is 0.481 e. The summed E-state index contributed by atoms with van der Waals surface area (Å²) in [4.78, 5) is 24.0. The summed E-state index contributed by atoms with van der Waals surface area (Å²) in [5, 5.41) is 8.81. The number of ketones is 1. The smallest absolute Gasteiger partial charge is 0.309 e. The first-order chi connectivity index (χ1) is 8.47. The van der Waals surface area contributed by atoms with Gasteiger partial charge in [0.05, 0.1) is 5.92 Å². The molecule has 1 aliphatic rings. The van der Waals surface area contributed by atoms with Crippen LogP contribution in [0.15, 0.2) is 18.2 Å². The van der Waals surface area contributed by atoms with Gasteiger partial charge in [0.25, 0.3) is 0 Å². The summed E-state index contributed by atoms with van der Waals surface area (Å²) in [5.74, 6) is -0.865. The Balaban J connectivity index is 1.99. The third kappa shape index (κ3) is 2.59. The van der Waals surface area contributed by atoms with Gasteiger partial charge in [-0.3, -0.25) is 14.5 Å². The number of carbonyl (C=O) groups excluding carboxylic acids is 1. The van der Waals surface area contributed by atoms with Gasteiger partial charge in [-0.1, -0.05) is 12.1 Å². The van der Waals surface area contributed by atoms with E-state index in [1.807, 2.05) is 25.1 Å². The highest BCUT2D eigenvalue weighted by atomic mass is 16.4. The Morgan fingerprint density at radius 2 is 2.06 bits per heavy atom. The van der Waals surface area contributed by atoms with Crippen molar-refractivity contribution < 1.29 is 14.7 Å². The maximum absolute atomic E-state index is 11.2. The van der Waals surface area contributed by atoms with Crippen LogP contribution in [-0.4, -0.2) is 34.8 Å². The molecule has 0 aliphatic carbocycles. The zero-order chi connectivity index (χ0) is 13.3. The molecule has 1 heterocycles. The molecule has 0 radical (unpaired) electrons. The third-order valence-corrected chi connectivity index (χ3v) is 3.45. The first kappa shape index (κ1) is 12.8. The lowest BCUT2D eigenvalue weighted by Gasteiger charge is -2.36. The third-order valence-electron chi connectivity index (χ3n) is 3.45. The summed E-state index contributed by atoms with van der Waals surface area (Å²) in [6.45, 7) is 5.53. The summed E-state index contributed by atoms with van der Waals surface area (Å²) in [6, 6.07) is 5.69. The monoisotopic (exact) mass is 247 g/mol. The molecule has 1 aromatic rings. The number of carbonyl (C=O) groups is 2. The van der Waals surface area contributed by atoms with E-state index in [1.54, 1.807) is 6.92 Å². The first-order valence-corrected chi connectivity index (χ1v) is 6.03. The topological polar surface area (TPSA) is 57.6 Å². The lowest BCUT2D eigenvalue weighted by Crippen LogP contribution is -2.49. The molecule has 1 saturated heterocycles. The number of aryl methyl sites for hydroxylation is 1. The molecule has 0 aromatic heterocycles. The molecule has 1 aromatic carbocycles. The van der Waals surface area contributed by atoms with Crippen molar-refractivity contribution >= 4 is 11.8 Å². The molecule has 1 fully saturated rings. The fourth-order valence-corrected chi connectivity index (χ4v) is 2.19. The van der Waals surface area contributed by atoms with E-state index in [2.05, 4.69) is 4.90 Å². The number of Topliss-reactive ketones (excluding diaryl/α,β-unsaturated/α-hetero) is 1. The lowest BCUT2D eigenvalue weighted by atomic mass is 9.97. The second-order valence-corrected chi connectivity index (χ2v) is 4.93. The Kier molecular flexibility index (Phi) is 3.48. The molecule has 96 valence electrons. The average Bonchev–Trinajstić information content (AvgIpc) is 2.23. The maximum atomic E-state index is 11.2. The van der Waals surface area contributed by atoms with Gasteiger partial charge in [0.1, 0.15) is 0 Å². The molecule has 0 amide bonds. The van der Waals surface area contributed by atoms with Crippen LogP contribution in [0.2, 0.25) is 0 Å². The highest BCUT2D eigenvalue weighted by Crippen LogP contribution is 2.21. The standard InChI is InChI=1S/C14H17NO3/c1-9-5-11(10(2)16)3-4-12(9)6-15-7-13(8-15)14(17)18/h3-5,13H,6-8H2,1-2H3,(H,17,18). The van der Waals surface area contributed by atoms with Crippen molar-refractivity contribution in [3.05, 3.63) is 34.9 Å². The molecule has 0 unspecified atom stereocenters. The van der Waals surface area contributed by atoms with Crippen LogP contribution in [0.5, 0.6) is 0 Å². The Hall–Kier alpha value is -1.68. The van der Waals surface area contributed by atoms with Crippen LogP contribution in [0.25, 0.3) is 0 Å². The fraction of sp³-hybridized carbons (Fsp3) is 0.429. The predicted molar refractivity (Wildman–Crippen MR) is 67.6 cm³/mol. The van der Waals surface area contributed by atoms with E-state index in [0.717, 1.165) is 23.2 Å². The second kappa shape index (κ2) is 4.90. The molecule has 0 saturated carbocycles. The van der Waals surface area contributed by atoms with Gasteiger partial charge in [0.2, 0.25) is 0 Å². The van der Waals surface area contributed by atoms with Crippen molar-refractivity contribution in [2.24, 2.45) is 5.92 Å². The van der Waals surface area contributed by atoms with Gasteiger partial charge in [0, 0.05) is 25.2 Å². The maximum Gasteiger partial charge on any atom is 0.309 e. The summed E-state index contributed by atoms with van der Waals surface area (Å²) in [6.07, 6.45) is 0. The normalized spacial score (nSPS) is 16.3. The van der Waals surface area contributed by atoms with Crippen molar-refractivity contribution in [2.45, 2.75) is 20.4 Å². The summed E-state index contributed by atoms with van der Waals surface area (Å²) < 4.78 is 0. The molecule has 18 heavy (non-hydrogen) atoms. The fourth-order valence-electron chi connectivity index (χ4n) is 2.19. The van der Waals surface area contributed by atoms with Crippen molar-refractivity contribution in [3.63, 3.8) is 0 Å². The average molecular weight is 247 g/mol. The number of rotatable bonds is 4. The number of hydrogen-bond donors (Lipinski definition) is 1. The van der Waals surface area contributed by atoms with Gasteiger partial charge in [-0.2, -0.15) is 0 Å². The van der Waals surface area contributed by atoms with Crippen molar-refractivity contribution in [3.8, 4) is 0 Å². The van der Waals surface area contributed by atoms with Gasteiger partial charge in [0.15, 0.2) is 5.78 Å². The zero-order valence-corrected chi connectivity index (χ0v) is 10.6. The Morgan fingerprint density at radius 3 is 2.56 bits per heavy atom. The molecular weight excluding hydrogens is 230 g/mol. The van der Waals surface area contributed by atoms with Gasteiger partial charge < -0.3 is 5.11 Å². The lowest BCUT2D eigenvalue weighted by molar-refractivity contribution is -0.147. The molecular formula is C14H17NO3. The molecule has 4 heteroatoms. The van der Waals surface area contributed by atoms with Crippen molar-refractivity contribution in [1.29, 1.82) is 0 Å². The Morgan fingerprint density at radius 1 is 1.39 bits per heavy atom. The zero-order valence-electron chi connectivity index (χ0n) is 10.6. The SMILES string of the molecule is CC(=O)c1ccc(CN2CC(C(=O)O)C2)c(C)c1.